The Morgan fingerprint density at radius 3 is 2.78 bits per heavy atom. The van der Waals surface area contributed by atoms with Gasteiger partial charge in [-0.25, -0.2) is 18.1 Å². The van der Waals surface area contributed by atoms with Crippen LogP contribution >= 0.6 is 11.3 Å². The Morgan fingerprint density at radius 2 is 1.96 bits per heavy atom. The lowest BCUT2D eigenvalue weighted by Gasteiger charge is -2.07. The van der Waals surface area contributed by atoms with Crippen molar-refractivity contribution in [1.29, 1.82) is 0 Å². The molecule has 0 saturated heterocycles. The van der Waals surface area contributed by atoms with Crippen molar-refractivity contribution < 1.29 is 13.2 Å². The summed E-state index contributed by atoms with van der Waals surface area (Å²) in [5.74, 6) is -0.124. The number of carbonyl (C=O) groups excluding carboxylic acids is 1. The van der Waals surface area contributed by atoms with E-state index in [4.69, 9.17) is 0 Å². The van der Waals surface area contributed by atoms with Gasteiger partial charge in [0.2, 0.25) is 15.9 Å². The Morgan fingerprint density at radius 1 is 1.15 bits per heavy atom. The number of amides is 1. The molecule has 3 aromatic rings. The van der Waals surface area contributed by atoms with Crippen LogP contribution in [0.5, 0.6) is 0 Å². The molecule has 27 heavy (non-hydrogen) atoms. The van der Waals surface area contributed by atoms with Crippen molar-refractivity contribution in [2.75, 3.05) is 5.32 Å². The van der Waals surface area contributed by atoms with E-state index in [9.17, 15) is 13.2 Å². The number of sulfonamides is 1. The smallest absolute Gasteiger partial charge is 0.240 e. The summed E-state index contributed by atoms with van der Waals surface area (Å²) in [5, 5.41) is 3.40. The predicted molar refractivity (Wildman–Crippen MR) is 104 cm³/mol. The number of hydrogen-bond acceptors (Lipinski definition) is 5. The van der Waals surface area contributed by atoms with E-state index in [1.165, 1.54) is 29.0 Å². The third kappa shape index (κ3) is 4.08. The van der Waals surface area contributed by atoms with Crippen molar-refractivity contribution in [3.05, 3.63) is 75.7 Å². The van der Waals surface area contributed by atoms with E-state index >= 15 is 0 Å². The molecule has 0 fully saturated rings. The van der Waals surface area contributed by atoms with Crippen molar-refractivity contribution in [2.45, 2.75) is 24.3 Å². The number of rotatable bonds is 6. The fourth-order valence-electron chi connectivity index (χ4n) is 2.92. The Bertz CT molecular complexity index is 1090. The first-order chi connectivity index (χ1) is 13.0. The molecule has 138 valence electrons. The minimum absolute atomic E-state index is 0.124. The third-order valence-corrected chi connectivity index (χ3v) is 6.64. The minimum Gasteiger partial charge on any atom is -0.326 e. The van der Waals surface area contributed by atoms with Crippen LogP contribution in [-0.4, -0.2) is 19.3 Å². The van der Waals surface area contributed by atoms with Gasteiger partial charge in [-0.05, 0) is 29.3 Å². The zero-order valence-corrected chi connectivity index (χ0v) is 15.9. The first-order valence-corrected chi connectivity index (χ1v) is 10.7. The molecule has 0 unspecified atom stereocenters. The summed E-state index contributed by atoms with van der Waals surface area (Å²) in [6.45, 7) is 0.135. The number of aromatic nitrogens is 1. The number of benzene rings is 2. The van der Waals surface area contributed by atoms with Crippen molar-refractivity contribution in [3.8, 4) is 0 Å². The molecule has 2 N–H and O–H groups in total. The van der Waals surface area contributed by atoms with Gasteiger partial charge in [-0.2, -0.15) is 0 Å². The molecule has 0 spiro atoms. The van der Waals surface area contributed by atoms with Crippen molar-refractivity contribution in [2.24, 2.45) is 0 Å². The molecule has 8 heteroatoms. The van der Waals surface area contributed by atoms with E-state index in [0.29, 0.717) is 16.3 Å². The monoisotopic (exact) mass is 399 g/mol. The Balaban J connectivity index is 1.42. The van der Waals surface area contributed by atoms with Gasteiger partial charge in [-0.15, -0.1) is 11.3 Å². The van der Waals surface area contributed by atoms with E-state index in [0.717, 1.165) is 11.3 Å². The maximum absolute atomic E-state index is 12.5. The molecule has 6 nitrogen and oxygen atoms in total. The second-order valence-electron chi connectivity index (χ2n) is 6.25. The first-order valence-electron chi connectivity index (χ1n) is 8.39. The molecule has 1 aromatic heterocycles. The number of nitrogens with one attached hydrogen (secondary N) is 2. The molecule has 2 heterocycles. The Labute approximate surface area is 161 Å². The third-order valence-electron chi connectivity index (χ3n) is 4.25. The van der Waals surface area contributed by atoms with Crippen molar-refractivity contribution in [1.82, 2.24) is 9.71 Å². The zero-order valence-electron chi connectivity index (χ0n) is 14.3. The van der Waals surface area contributed by atoms with Gasteiger partial charge in [0.1, 0.15) is 5.01 Å². The lowest BCUT2D eigenvalue weighted by atomic mass is 10.1. The summed E-state index contributed by atoms with van der Waals surface area (Å²) in [5.41, 5.74) is 2.56. The summed E-state index contributed by atoms with van der Waals surface area (Å²) in [7, 11) is -3.67. The van der Waals surface area contributed by atoms with E-state index in [2.05, 4.69) is 27.2 Å². The average Bonchev–Trinajstić information content (AvgIpc) is 3.25. The van der Waals surface area contributed by atoms with E-state index < -0.39 is 10.0 Å². The standard InChI is InChI=1S/C19H17N3O3S2/c23-18-10-14-9-16(6-7-17(14)22-18)27(24,25)21-12-19-20-11-15(26-19)8-13-4-2-1-3-5-13/h1-7,9,11,21H,8,10,12H2,(H,22,23). The molecular formula is C19H17N3O3S2. The van der Waals surface area contributed by atoms with E-state index in [1.807, 2.05) is 18.2 Å². The van der Waals surface area contributed by atoms with Crippen LogP contribution in [0.3, 0.4) is 0 Å². The quantitative estimate of drug-likeness (QED) is 0.667. The normalized spacial score (nSPS) is 13.4. The van der Waals surface area contributed by atoms with E-state index in [1.54, 1.807) is 12.3 Å². The summed E-state index contributed by atoms with van der Waals surface area (Å²) >= 11 is 1.49. The maximum atomic E-state index is 12.5. The lowest BCUT2D eigenvalue weighted by Crippen LogP contribution is -2.23. The number of hydrogen-bond donors (Lipinski definition) is 2. The summed E-state index contributed by atoms with van der Waals surface area (Å²) in [6, 6.07) is 14.7. The molecule has 0 atom stereocenters. The predicted octanol–water partition coefficient (Wildman–Crippen LogP) is 2.71. The van der Waals surface area contributed by atoms with Crippen molar-refractivity contribution >= 4 is 33.0 Å². The largest absolute Gasteiger partial charge is 0.326 e. The topological polar surface area (TPSA) is 88.2 Å². The van der Waals surface area contributed by atoms with Crippen LogP contribution in [0.2, 0.25) is 0 Å². The Hall–Kier alpha value is -2.55. The fourth-order valence-corrected chi connectivity index (χ4v) is 4.95. The fraction of sp³-hybridized carbons (Fsp3) is 0.158. The van der Waals surface area contributed by atoms with Crippen molar-refractivity contribution in [3.63, 3.8) is 0 Å². The summed E-state index contributed by atoms with van der Waals surface area (Å²) in [6.07, 6.45) is 2.76. The molecule has 0 saturated carbocycles. The van der Waals surface area contributed by atoms with Gasteiger partial charge >= 0.3 is 0 Å². The van der Waals surface area contributed by atoms with Gasteiger partial charge in [0.15, 0.2) is 0 Å². The molecule has 1 amide bonds. The number of nitrogens with zero attached hydrogens (tertiary/aromatic N) is 1. The van der Waals surface area contributed by atoms with Crippen LogP contribution in [-0.2, 0) is 34.2 Å². The van der Waals surface area contributed by atoms with Crippen LogP contribution in [0, 0.1) is 0 Å². The maximum Gasteiger partial charge on any atom is 0.240 e. The molecule has 0 bridgehead atoms. The second kappa shape index (κ2) is 7.22. The number of anilines is 1. The highest BCUT2D eigenvalue weighted by atomic mass is 32.2. The van der Waals surface area contributed by atoms with E-state index in [-0.39, 0.29) is 23.8 Å². The minimum atomic E-state index is -3.67. The molecule has 0 radical (unpaired) electrons. The molecule has 1 aliphatic heterocycles. The number of thiazole rings is 1. The number of fused-ring (bicyclic) bond motifs is 1. The zero-order chi connectivity index (χ0) is 18.9. The molecular weight excluding hydrogens is 382 g/mol. The van der Waals surface area contributed by atoms with Gasteiger partial charge in [0, 0.05) is 23.2 Å². The lowest BCUT2D eigenvalue weighted by molar-refractivity contribution is -0.115. The van der Waals surface area contributed by atoms with Crippen LogP contribution in [0.15, 0.2) is 59.6 Å². The molecule has 0 aliphatic carbocycles. The van der Waals surface area contributed by atoms with Crippen LogP contribution in [0.4, 0.5) is 5.69 Å². The van der Waals surface area contributed by atoms with Crippen LogP contribution in [0.25, 0.3) is 0 Å². The first kappa shape index (κ1) is 17.8. The SMILES string of the molecule is O=C1Cc2cc(S(=O)(=O)NCc3ncc(Cc4ccccc4)s3)ccc2N1. The number of carbonyl (C=O) groups is 1. The van der Waals surface area contributed by atoms with Gasteiger partial charge in [0.25, 0.3) is 0 Å². The summed E-state index contributed by atoms with van der Waals surface area (Å²) in [4.78, 5) is 17.0. The van der Waals surface area contributed by atoms with Gasteiger partial charge in [0.05, 0.1) is 17.9 Å². The van der Waals surface area contributed by atoms with Crippen LogP contribution < -0.4 is 10.0 Å². The Kier molecular flexibility index (Phi) is 4.77. The van der Waals surface area contributed by atoms with Crippen LogP contribution in [0.1, 0.15) is 21.0 Å². The van der Waals surface area contributed by atoms with Gasteiger partial charge in [-0.1, -0.05) is 30.3 Å². The summed E-state index contributed by atoms with van der Waals surface area (Å²) < 4.78 is 27.7. The second-order valence-corrected chi connectivity index (χ2v) is 9.22. The molecule has 4 rings (SSSR count). The van der Waals surface area contributed by atoms with Gasteiger partial charge in [-0.3, -0.25) is 4.79 Å². The average molecular weight is 399 g/mol. The molecule has 2 aromatic carbocycles. The highest BCUT2D eigenvalue weighted by molar-refractivity contribution is 7.89. The van der Waals surface area contributed by atoms with Gasteiger partial charge < -0.3 is 5.32 Å². The highest BCUT2D eigenvalue weighted by Crippen LogP contribution is 2.26. The molecule has 1 aliphatic rings. The highest BCUT2D eigenvalue weighted by Gasteiger charge is 2.22.